The van der Waals surface area contributed by atoms with E-state index in [1.54, 1.807) is 6.08 Å². The SMILES string of the molecule is Cc1ccc(/C=C/C(=O)NCC2(c3ccccc3)CC2)cc1. The summed E-state index contributed by atoms with van der Waals surface area (Å²) < 4.78 is 0. The smallest absolute Gasteiger partial charge is 0.244 e. The number of benzene rings is 2. The first-order valence-electron chi connectivity index (χ1n) is 7.76. The molecule has 2 nitrogen and oxygen atoms in total. The lowest BCUT2D eigenvalue weighted by Gasteiger charge is -2.15. The fraction of sp³-hybridized carbons (Fsp3) is 0.250. The van der Waals surface area contributed by atoms with Gasteiger partial charge in [-0.15, -0.1) is 0 Å². The molecule has 1 N–H and O–H groups in total. The van der Waals surface area contributed by atoms with E-state index in [0.29, 0.717) is 6.54 Å². The minimum absolute atomic E-state index is 0.0252. The molecule has 22 heavy (non-hydrogen) atoms. The van der Waals surface area contributed by atoms with E-state index in [9.17, 15) is 4.79 Å². The summed E-state index contributed by atoms with van der Waals surface area (Å²) in [5.41, 5.74) is 3.76. The first-order chi connectivity index (χ1) is 10.7. The average Bonchev–Trinajstić information content (AvgIpc) is 3.34. The molecule has 0 saturated heterocycles. The summed E-state index contributed by atoms with van der Waals surface area (Å²) in [7, 11) is 0. The molecule has 1 aliphatic carbocycles. The first kappa shape index (κ1) is 14.6. The summed E-state index contributed by atoms with van der Waals surface area (Å²) in [6.07, 6.45) is 5.78. The maximum Gasteiger partial charge on any atom is 0.244 e. The Kier molecular flexibility index (Phi) is 4.10. The van der Waals surface area contributed by atoms with Crippen molar-refractivity contribution in [3.8, 4) is 0 Å². The molecule has 2 aromatic rings. The van der Waals surface area contributed by atoms with Gasteiger partial charge in [0.1, 0.15) is 0 Å². The number of aryl methyl sites for hydroxylation is 1. The van der Waals surface area contributed by atoms with Crippen LogP contribution >= 0.6 is 0 Å². The number of carbonyl (C=O) groups excluding carboxylic acids is 1. The van der Waals surface area contributed by atoms with E-state index >= 15 is 0 Å². The Balaban J connectivity index is 1.56. The second kappa shape index (κ2) is 6.18. The molecule has 1 aliphatic rings. The summed E-state index contributed by atoms with van der Waals surface area (Å²) >= 11 is 0. The molecule has 0 heterocycles. The molecule has 0 unspecified atom stereocenters. The highest BCUT2D eigenvalue weighted by atomic mass is 16.1. The zero-order valence-electron chi connectivity index (χ0n) is 12.9. The quantitative estimate of drug-likeness (QED) is 0.833. The molecule has 112 valence electrons. The second-order valence-corrected chi connectivity index (χ2v) is 6.11. The van der Waals surface area contributed by atoms with E-state index in [2.05, 4.69) is 36.5 Å². The Bertz CT molecular complexity index is 667. The lowest BCUT2D eigenvalue weighted by molar-refractivity contribution is -0.116. The van der Waals surface area contributed by atoms with Crippen molar-refractivity contribution < 1.29 is 4.79 Å². The fourth-order valence-corrected chi connectivity index (χ4v) is 2.67. The molecule has 1 fully saturated rings. The zero-order valence-corrected chi connectivity index (χ0v) is 12.9. The molecule has 0 spiro atoms. The topological polar surface area (TPSA) is 29.1 Å². The Labute approximate surface area is 131 Å². The van der Waals surface area contributed by atoms with Gasteiger partial charge in [0.15, 0.2) is 0 Å². The maximum atomic E-state index is 12.0. The molecule has 1 saturated carbocycles. The highest BCUT2D eigenvalue weighted by Crippen LogP contribution is 2.47. The first-order valence-corrected chi connectivity index (χ1v) is 7.76. The number of rotatable bonds is 5. The van der Waals surface area contributed by atoms with Crippen LogP contribution in [0.4, 0.5) is 0 Å². The molecule has 0 aliphatic heterocycles. The van der Waals surface area contributed by atoms with Crippen LogP contribution in [0.25, 0.3) is 6.08 Å². The van der Waals surface area contributed by atoms with Crippen LogP contribution in [0, 0.1) is 6.92 Å². The minimum atomic E-state index is -0.0252. The Morgan fingerprint density at radius 3 is 2.41 bits per heavy atom. The van der Waals surface area contributed by atoms with Crippen LogP contribution in [-0.2, 0) is 10.2 Å². The van der Waals surface area contributed by atoms with E-state index in [0.717, 1.165) is 18.4 Å². The van der Waals surface area contributed by atoms with Crippen molar-refractivity contribution in [3.63, 3.8) is 0 Å². The van der Waals surface area contributed by atoms with Gasteiger partial charge in [-0.3, -0.25) is 4.79 Å². The molecule has 0 radical (unpaired) electrons. The Morgan fingerprint density at radius 2 is 1.77 bits per heavy atom. The van der Waals surface area contributed by atoms with Gasteiger partial charge in [-0.05, 0) is 37.0 Å². The van der Waals surface area contributed by atoms with E-state index in [-0.39, 0.29) is 11.3 Å². The van der Waals surface area contributed by atoms with E-state index in [1.165, 1.54) is 11.1 Å². The van der Waals surface area contributed by atoms with Crippen molar-refractivity contribution in [2.45, 2.75) is 25.2 Å². The standard InChI is InChI=1S/C20H21NO/c1-16-7-9-17(10-8-16)11-12-19(22)21-15-20(13-14-20)18-5-3-2-4-6-18/h2-12H,13-15H2,1H3,(H,21,22)/b12-11+. The summed E-state index contributed by atoms with van der Waals surface area (Å²) in [5, 5.41) is 3.04. The van der Waals surface area contributed by atoms with Gasteiger partial charge in [-0.1, -0.05) is 60.2 Å². The number of nitrogens with one attached hydrogen (secondary N) is 1. The van der Waals surface area contributed by atoms with Crippen molar-refractivity contribution in [2.75, 3.05) is 6.54 Å². The molecule has 3 rings (SSSR count). The van der Waals surface area contributed by atoms with Crippen LogP contribution in [0.2, 0.25) is 0 Å². The molecule has 0 aromatic heterocycles. The minimum Gasteiger partial charge on any atom is -0.352 e. The van der Waals surface area contributed by atoms with Gasteiger partial charge in [-0.2, -0.15) is 0 Å². The van der Waals surface area contributed by atoms with Crippen molar-refractivity contribution in [3.05, 3.63) is 77.4 Å². The fourth-order valence-electron chi connectivity index (χ4n) is 2.67. The van der Waals surface area contributed by atoms with Crippen LogP contribution < -0.4 is 5.32 Å². The largest absolute Gasteiger partial charge is 0.352 e. The summed E-state index contributed by atoms with van der Waals surface area (Å²) in [4.78, 5) is 12.0. The van der Waals surface area contributed by atoms with E-state index in [1.807, 2.05) is 36.4 Å². The number of carbonyl (C=O) groups is 1. The predicted octanol–water partition coefficient (Wildman–Crippen LogP) is 3.86. The van der Waals surface area contributed by atoms with Crippen LogP contribution in [0.3, 0.4) is 0 Å². The normalized spacial score (nSPS) is 15.7. The molecule has 2 heteroatoms. The lowest BCUT2D eigenvalue weighted by atomic mass is 9.96. The van der Waals surface area contributed by atoms with E-state index in [4.69, 9.17) is 0 Å². The molecule has 0 atom stereocenters. The molecule has 1 amide bonds. The van der Waals surface area contributed by atoms with Gasteiger partial charge in [0.05, 0.1) is 0 Å². The second-order valence-electron chi connectivity index (χ2n) is 6.11. The highest BCUT2D eigenvalue weighted by Gasteiger charge is 2.43. The van der Waals surface area contributed by atoms with Crippen molar-refractivity contribution in [1.82, 2.24) is 5.32 Å². The maximum absolute atomic E-state index is 12.0. The average molecular weight is 291 g/mol. The van der Waals surface area contributed by atoms with Crippen LogP contribution in [0.1, 0.15) is 29.5 Å². The van der Waals surface area contributed by atoms with Crippen molar-refractivity contribution in [2.24, 2.45) is 0 Å². The van der Waals surface area contributed by atoms with Crippen LogP contribution in [0.5, 0.6) is 0 Å². The van der Waals surface area contributed by atoms with Crippen molar-refractivity contribution in [1.29, 1.82) is 0 Å². The van der Waals surface area contributed by atoms with Gasteiger partial charge >= 0.3 is 0 Å². The molecular weight excluding hydrogens is 270 g/mol. The lowest BCUT2D eigenvalue weighted by Crippen LogP contribution is -2.30. The van der Waals surface area contributed by atoms with Gasteiger partial charge in [-0.25, -0.2) is 0 Å². The summed E-state index contributed by atoms with van der Waals surface area (Å²) in [6, 6.07) is 18.6. The van der Waals surface area contributed by atoms with Gasteiger partial charge in [0, 0.05) is 18.0 Å². The Hall–Kier alpha value is -2.35. The highest BCUT2D eigenvalue weighted by molar-refractivity contribution is 5.91. The third kappa shape index (κ3) is 3.45. The number of hydrogen-bond acceptors (Lipinski definition) is 1. The summed E-state index contributed by atoms with van der Waals surface area (Å²) in [6.45, 7) is 2.77. The third-order valence-electron chi connectivity index (χ3n) is 4.35. The van der Waals surface area contributed by atoms with Crippen LogP contribution in [0.15, 0.2) is 60.7 Å². The summed E-state index contributed by atoms with van der Waals surface area (Å²) in [5.74, 6) is -0.0252. The monoisotopic (exact) mass is 291 g/mol. The zero-order chi connectivity index (χ0) is 15.4. The third-order valence-corrected chi connectivity index (χ3v) is 4.35. The van der Waals surface area contributed by atoms with Gasteiger partial charge < -0.3 is 5.32 Å². The van der Waals surface area contributed by atoms with Gasteiger partial charge in [0.2, 0.25) is 5.91 Å². The van der Waals surface area contributed by atoms with Gasteiger partial charge in [0.25, 0.3) is 0 Å². The van der Waals surface area contributed by atoms with Crippen molar-refractivity contribution >= 4 is 12.0 Å². The Morgan fingerprint density at radius 1 is 1.09 bits per heavy atom. The molecule has 0 bridgehead atoms. The molecular formula is C20H21NO. The van der Waals surface area contributed by atoms with E-state index < -0.39 is 0 Å². The predicted molar refractivity (Wildman–Crippen MR) is 90.6 cm³/mol. The van der Waals surface area contributed by atoms with Crippen LogP contribution in [-0.4, -0.2) is 12.5 Å². The number of amides is 1. The number of hydrogen-bond donors (Lipinski definition) is 1. The molecule has 2 aromatic carbocycles.